The third kappa shape index (κ3) is 4.78. The van der Waals surface area contributed by atoms with Crippen LogP contribution in [-0.2, 0) is 4.74 Å². The number of hydrogen-bond acceptors (Lipinski definition) is 5. The summed E-state index contributed by atoms with van der Waals surface area (Å²) >= 11 is 1.93. The molecule has 4 nitrogen and oxygen atoms in total. The van der Waals surface area contributed by atoms with Crippen LogP contribution in [0, 0.1) is 0 Å². The van der Waals surface area contributed by atoms with Gasteiger partial charge in [-0.3, -0.25) is 9.89 Å². The molecule has 0 aromatic heterocycles. The number of hydrogen-bond donors (Lipinski definition) is 1. The minimum absolute atomic E-state index is 0.719. The van der Waals surface area contributed by atoms with Gasteiger partial charge >= 0.3 is 0 Å². The van der Waals surface area contributed by atoms with Gasteiger partial charge in [0.2, 0.25) is 0 Å². The van der Waals surface area contributed by atoms with Crippen LogP contribution in [0.5, 0.6) is 0 Å². The van der Waals surface area contributed by atoms with E-state index in [1.54, 1.807) is 0 Å². The summed E-state index contributed by atoms with van der Waals surface area (Å²) in [5, 5.41) is 5.35. The highest BCUT2D eigenvalue weighted by Crippen LogP contribution is 2.23. The van der Waals surface area contributed by atoms with Crippen molar-refractivity contribution >= 4 is 16.9 Å². The maximum atomic E-state index is 5.34. The van der Waals surface area contributed by atoms with Gasteiger partial charge in [-0.1, -0.05) is 25.1 Å². The van der Waals surface area contributed by atoms with E-state index < -0.39 is 0 Å². The predicted molar refractivity (Wildman–Crippen MR) is 78.5 cm³/mol. The molecule has 0 radical (unpaired) electrons. The van der Waals surface area contributed by atoms with Crippen LogP contribution in [-0.4, -0.2) is 61.3 Å². The van der Waals surface area contributed by atoms with Crippen LogP contribution in [0.15, 0.2) is 4.99 Å². The highest BCUT2D eigenvalue weighted by atomic mass is 32.2. The van der Waals surface area contributed by atoms with Crippen molar-refractivity contribution in [2.45, 2.75) is 31.4 Å². The number of morpholine rings is 1. The number of nitrogens with one attached hydrogen (secondary N) is 1. The molecular weight excluding hydrogens is 246 g/mol. The molecule has 2 aliphatic heterocycles. The van der Waals surface area contributed by atoms with Gasteiger partial charge in [-0.15, -0.1) is 0 Å². The molecule has 104 valence electrons. The SMILES string of the molecule is CCCC1CN=C(NCCCN2CCOCC2)S1. The Morgan fingerprint density at radius 2 is 2.28 bits per heavy atom. The lowest BCUT2D eigenvalue weighted by Gasteiger charge is -2.26. The first-order valence-electron chi connectivity index (χ1n) is 7.13. The van der Waals surface area contributed by atoms with Crippen molar-refractivity contribution in [2.24, 2.45) is 4.99 Å². The minimum Gasteiger partial charge on any atom is -0.379 e. The molecule has 0 aromatic carbocycles. The van der Waals surface area contributed by atoms with E-state index in [9.17, 15) is 0 Å². The Hall–Kier alpha value is -0.260. The standard InChI is InChI=1S/C13H25N3OS/c1-2-4-12-11-15-13(18-12)14-5-3-6-16-7-9-17-10-8-16/h12H,2-11H2,1H3,(H,14,15). The van der Waals surface area contributed by atoms with E-state index in [1.807, 2.05) is 11.8 Å². The fourth-order valence-corrected chi connectivity index (χ4v) is 3.46. The molecule has 0 saturated carbocycles. The second-order valence-corrected chi connectivity index (χ2v) is 6.20. The Labute approximate surface area is 115 Å². The quantitative estimate of drug-likeness (QED) is 0.744. The molecule has 18 heavy (non-hydrogen) atoms. The molecule has 1 atom stereocenters. The largest absolute Gasteiger partial charge is 0.379 e. The topological polar surface area (TPSA) is 36.9 Å². The smallest absolute Gasteiger partial charge is 0.156 e. The van der Waals surface area contributed by atoms with E-state index in [1.165, 1.54) is 25.8 Å². The summed E-state index contributed by atoms with van der Waals surface area (Å²) in [5.74, 6) is 0. The van der Waals surface area contributed by atoms with E-state index in [0.29, 0.717) is 0 Å². The van der Waals surface area contributed by atoms with E-state index in [2.05, 4.69) is 22.1 Å². The molecule has 1 N–H and O–H groups in total. The van der Waals surface area contributed by atoms with Crippen LogP contribution in [0.4, 0.5) is 0 Å². The summed E-state index contributed by atoms with van der Waals surface area (Å²) in [7, 11) is 0. The maximum absolute atomic E-state index is 5.34. The fraction of sp³-hybridized carbons (Fsp3) is 0.923. The maximum Gasteiger partial charge on any atom is 0.156 e. The number of aliphatic imine (C=N–C) groups is 1. The van der Waals surface area contributed by atoms with Crippen molar-refractivity contribution < 1.29 is 4.74 Å². The molecule has 1 unspecified atom stereocenters. The molecule has 2 heterocycles. The second-order valence-electron chi connectivity index (χ2n) is 4.91. The summed E-state index contributed by atoms with van der Waals surface area (Å²) in [6, 6.07) is 0. The third-order valence-corrected chi connectivity index (χ3v) is 4.57. The Bertz CT molecular complexity index is 267. The van der Waals surface area contributed by atoms with E-state index in [4.69, 9.17) is 4.74 Å². The fourth-order valence-electron chi connectivity index (χ4n) is 2.31. The minimum atomic E-state index is 0.719. The van der Waals surface area contributed by atoms with Crippen LogP contribution >= 0.6 is 11.8 Å². The zero-order valence-corrected chi connectivity index (χ0v) is 12.2. The first-order valence-corrected chi connectivity index (χ1v) is 8.01. The normalized spacial score (nSPS) is 25.2. The lowest BCUT2D eigenvalue weighted by Crippen LogP contribution is -2.38. The summed E-state index contributed by atoms with van der Waals surface area (Å²) in [6.07, 6.45) is 3.74. The van der Waals surface area contributed by atoms with Crippen molar-refractivity contribution in [3.05, 3.63) is 0 Å². The molecule has 0 spiro atoms. The summed E-state index contributed by atoms with van der Waals surface area (Å²) < 4.78 is 5.34. The second kappa shape index (κ2) is 8.02. The van der Waals surface area contributed by atoms with Gasteiger partial charge in [0.1, 0.15) is 0 Å². The number of nitrogens with zero attached hydrogens (tertiary/aromatic N) is 2. The van der Waals surface area contributed by atoms with Gasteiger partial charge < -0.3 is 10.1 Å². The van der Waals surface area contributed by atoms with Crippen molar-refractivity contribution in [1.29, 1.82) is 0 Å². The first-order chi connectivity index (χ1) is 8.88. The summed E-state index contributed by atoms with van der Waals surface area (Å²) in [5.41, 5.74) is 0. The van der Waals surface area contributed by atoms with Gasteiger partial charge in [0.15, 0.2) is 5.17 Å². The van der Waals surface area contributed by atoms with E-state index >= 15 is 0 Å². The van der Waals surface area contributed by atoms with Crippen molar-refractivity contribution in [1.82, 2.24) is 10.2 Å². The van der Waals surface area contributed by atoms with Gasteiger partial charge in [-0.05, 0) is 19.4 Å². The van der Waals surface area contributed by atoms with Crippen LogP contribution in [0.3, 0.4) is 0 Å². The third-order valence-electron chi connectivity index (χ3n) is 3.36. The average molecular weight is 271 g/mol. The van der Waals surface area contributed by atoms with Crippen molar-refractivity contribution in [2.75, 3.05) is 45.9 Å². The molecule has 0 bridgehead atoms. The van der Waals surface area contributed by atoms with Crippen LogP contribution in [0.2, 0.25) is 0 Å². The van der Waals surface area contributed by atoms with E-state index in [-0.39, 0.29) is 0 Å². The molecular formula is C13H25N3OS. The number of thioether (sulfide) groups is 1. The van der Waals surface area contributed by atoms with Crippen LogP contribution < -0.4 is 5.32 Å². The zero-order valence-electron chi connectivity index (χ0n) is 11.4. The zero-order chi connectivity index (χ0) is 12.6. The highest BCUT2D eigenvalue weighted by molar-refractivity contribution is 8.14. The number of amidine groups is 1. The van der Waals surface area contributed by atoms with Crippen molar-refractivity contribution in [3.8, 4) is 0 Å². The Balaban J connectivity index is 1.50. The van der Waals surface area contributed by atoms with E-state index in [0.717, 1.165) is 49.8 Å². The average Bonchev–Trinajstić information content (AvgIpc) is 2.84. The van der Waals surface area contributed by atoms with Gasteiger partial charge in [0.25, 0.3) is 0 Å². The molecule has 0 amide bonds. The van der Waals surface area contributed by atoms with Gasteiger partial charge in [-0.2, -0.15) is 0 Å². The summed E-state index contributed by atoms with van der Waals surface area (Å²) in [6.45, 7) is 9.44. The highest BCUT2D eigenvalue weighted by Gasteiger charge is 2.18. The molecule has 0 aromatic rings. The monoisotopic (exact) mass is 271 g/mol. The molecule has 5 heteroatoms. The number of ether oxygens (including phenoxy) is 1. The van der Waals surface area contributed by atoms with Gasteiger partial charge in [0, 0.05) is 24.9 Å². The van der Waals surface area contributed by atoms with Crippen LogP contribution in [0.1, 0.15) is 26.2 Å². The first kappa shape index (κ1) is 14.2. The Morgan fingerprint density at radius 3 is 3.06 bits per heavy atom. The molecule has 0 aliphatic carbocycles. The lowest BCUT2D eigenvalue weighted by molar-refractivity contribution is 0.0376. The van der Waals surface area contributed by atoms with Gasteiger partial charge in [0.05, 0.1) is 19.8 Å². The Kier molecular flexibility index (Phi) is 6.31. The summed E-state index contributed by atoms with van der Waals surface area (Å²) in [4.78, 5) is 7.04. The Morgan fingerprint density at radius 1 is 1.44 bits per heavy atom. The van der Waals surface area contributed by atoms with Crippen LogP contribution in [0.25, 0.3) is 0 Å². The molecule has 2 aliphatic rings. The predicted octanol–water partition coefficient (Wildman–Crippen LogP) is 1.57. The molecule has 1 fully saturated rings. The number of rotatable bonds is 6. The van der Waals surface area contributed by atoms with Crippen molar-refractivity contribution in [3.63, 3.8) is 0 Å². The lowest BCUT2D eigenvalue weighted by atomic mass is 10.2. The van der Waals surface area contributed by atoms with Gasteiger partial charge in [-0.25, -0.2) is 0 Å². The molecule has 2 rings (SSSR count). The molecule has 1 saturated heterocycles.